The molecule has 3 N–H and O–H groups in total. The van der Waals surface area contributed by atoms with Crippen molar-refractivity contribution in [2.24, 2.45) is 0 Å². The first-order chi connectivity index (χ1) is 15.5. The normalized spacial score (nSPS) is 10.7. The van der Waals surface area contributed by atoms with Crippen LogP contribution in [0.3, 0.4) is 0 Å². The van der Waals surface area contributed by atoms with Gasteiger partial charge in [0.1, 0.15) is 5.52 Å². The van der Waals surface area contributed by atoms with Crippen molar-refractivity contribution < 1.29 is 9.59 Å². The maximum absolute atomic E-state index is 12.6. The van der Waals surface area contributed by atoms with Crippen LogP contribution in [0, 0.1) is 6.92 Å². The Morgan fingerprint density at radius 1 is 0.938 bits per heavy atom. The van der Waals surface area contributed by atoms with Crippen LogP contribution in [0.25, 0.3) is 11.0 Å². The quantitative estimate of drug-likeness (QED) is 0.425. The maximum atomic E-state index is 12.6. The molecule has 0 spiro atoms. The number of nitrogens with zero attached hydrogens (tertiary/aromatic N) is 3. The van der Waals surface area contributed by atoms with Gasteiger partial charge in [-0.15, -0.1) is 5.10 Å². The van der Waals surface area contributed by atoms with Crippen molar-refractivity contribution in [1.82, 2.24) is 20.3 Å². The second-order valence-corrected chi connectivity index (χ2v) is 7.44. The predicted octanol–water partition coefficient (Wildman–Crippen LogP) is 4.33. The number of nitrogens with one attached hydrogen (secondary N) is 3. The minimum Gasteiger partial charge on any atom is -0.348 e. The summed E-state index contributed by atoms with van der Waals surface area (Å²) in [7, 11) is 0. The molecule has 0 aliphatic heterocycles. The number of amides is 3. The average molecular weight is 428 g/mol. The first kappa shape index (κ1) is 21.0. The van der Waals surface area contributed by atoms with E-state index in [1.54, 1.807) is 22.9 Å². The first-order valence-electron chi connectivity index (χ1n) is 10.4. The number of benzene rings is 3. The first-order valence-corrected chi connectivity index (χ1v) is 10.4. The summed E-state index contributed by atoms with van der Waals surface area (Å²) in [5.41, 5.74) is 5.39. The van der Waals surface area contributed by atoms with Crippen LogP contribution in [-0.2, 0) is 13.1 Å². The second kappa shape index (κ2) is 9.30. The third kappa shape index (κ3) is 4.92. The van der Waals surface area contributed by atoms with Crippen LogP contribution in [0.4, 0.5) is 16.2 Å². The van der Waals surface area contributed by atoms with Crippen molar-refractivity contribution in [3.05, 3.63) is 83.4 Å². The summed E-state index contributed by atoms with van der Waals surface area (Å²) in [4.78, 5) is 24.9. The van der Waals surface area contributed by atoms with Gasteiger partial charge in [0.15, 0.2) is 0 Å². The van der Waals surface area contributed by atoms with Gasteiger partial charge < -0.3 is 16.0 Å². The van der Waals surface area contributed by atoms with Gasteiger partial charge in [-0.3, -0.25) is 4.79 Å². The van der Waals surface area contributed by atoms with E-state index in [1.807, 2.05) is 62.4 Å². The van der Waals surface area contributed by atoms with E-state index in [9.17, 15) is 9.59 Å². The molecule has 0 radical (unpaired) electrons. The van der Waals surface area contributed by atoms with Crippen molar-refractivity contribution in [2.45, 2.75) is 26.9 Å². The van der Waals surface area contributed by atoms with Crippen molar-refractivity contribution >= 4 is 34.3 Å². The molecule has 0 saturated carbocycles. The molecule has 162 valence electrons. The van der Waals surface area contributed by atoms with Gasteiger partial charge >= 0.3 is 6.03 Å². The number of aromatic nitrogens is 3. The number of fused-ring (bicyclic) bond motifs is 1. The average Bonchev–Trinajstić information content (AvgIpc) is 3.20. The Kier molecular flexibility index (Phi) is 6.12. The third-order valence-electron chi connectivity index (χ3n) is 4.99. The topological polar surface area (TPSA) is 101 Å². The standard InChI is InChI=1S/C24H24N6O2/c1-3-30-22-11-10-18(14-21(22)28-29-30)23(31)25-15-17-7-5-9-20(13-17)27-24(32)26-19-8-4-6-16(2)12-19/h4-14H,3,15H2,1-2H3,(H,25,31)(H2,26,27,32). The number of hydrogen-bond acceptors (Lipinski definition) is 4. The van der Waals surface area contributed by atoms with E-state index in [4.69, 9.17) is 0 Å². The highest BCUT2D eigenvalue weighted by Crippen LogP contribution is 2.15. The molecule has 3 amide bonds. The number of carbonyl (C=O) groups is 2. The van der Waals surface area contributed by atoms with Crippen LogP contribution in [0.2, 0.25) is 0 Å². The Balaban J connectivity index is 1.36. The minimum atomic E-state index is -0.329. The summed E-state index contributed by atoms with van der Waals surface area (Å²) in [6.45, 7) is 5.00. The lowest BCUT2D eigenvalue weighted by Gasteiger charge is -2.10. The highest BCUT2D eigenvalue weighted by molar-refractivity contribution is 6.00. The second-order valence-electron chi connectivity index (χ2n) is 7.44. The van der Waals surface area contributed by atoms with Gasteiger partial charge in [-0.1, -0.05) is 29.5 Å². The fraction of sp³-hybridized carbons (Fsp3) is 0.167. The Labute approximate surface area is 185 Å². The van der Waals surface area contributed by atoms with E-state index in [0.29, 0.717) is 23.3 Å². The Bertz CT molecular complexity index is 1280. The summed E-state index contributed by atoms with van der Waals surface area (Å²) in [6, 6.07) is 19.9. The van der Waals surface area contributed by atoms with Crippen LogP contribution < -0.4 is 16.0 Å². The van der Waals surface area contributed by atoms with Crippen LogP contribution in [0.1, 0.15) is 28.4 Å². The minimum absolute atomic E-state index is 0.200. The van der Waals surface area contributed by atoms with Crippen molar-refractivity contribution in [1.29, 1.82) is 0 Å². The number of rotatable bonds is 6. The molecule has 3 aromatic carbocycles. The van der Waals surface area contributed by atoms with E-state index >= 15 is 0 Å². The van der Waals surface area contributed by atoms with E-state index in [0.717, 1.165) is 28.9 Å². The van der Waals surface area contributed by atoms with Gasteiger partial charge in [0, 0.05) is 30.0 Å². The van der Waals surface area contributed by atoms with Gasteiger partial charge in [-0.25, -0.2) is 9.48 Å². The largest absolute Gasteiger partial charge is 0.348 e. The molecule has 0 unspecified atom stereocenters. The van der Waals surface area contributed by atoms with E-state index in [-0.39, 0.29) is 11.9 Å². The molecule has 4 rings (SSSR count). The van der Waals surface area contributed by atoms with Gasteiger partial charge in [-0.05, 0) is 67.4 Å². The summed E-state index contributed by atoms with van der Waals surface area (Å²) in [5, 5.41) is 16.7. The number of aryl methyl sites for hydroxylation is 2. The summed E-state index contributed by atoms with van der Waals surface area (Å²) < 4.78 is 1.78. The molecule has 1 heterocycles. The molecular formula is C24H24N6O2. The van der Waals surface area contributed by atoms with Crippen LogP contribution in [0.15, 0.2) is 66.7 Å². The van der Waals surface area contributed by atoms with Crippen LogP contribution >= 0.6 is 0 Å². The van der Waals surface area contributed by atoms with Crippen molar-refractivity contribution in [3.63, 3.8) is 0 Å². The monoisotopic (exact) mass is 428 g/mol. The van der Waals surface area contributed by atoms with Gasteiger partial charge in [0.25, 0.3) is 5.91 Å². The van der Waals surface area contributed by atoms with Gasteiger partial charge in [0.2, 0.25) is 0 Å². The Hall–Kier alpha value is -4.20. The van der Waals surface area contributed by atoms with Gasteiger partial charge in [-0.2, -0.15) is 0 Å². The fourth-order valence-corrected chi connectivity index (χ4v) is 3.41. The molecule has 0 saturated heterocycles. The van der Waals surface area contributed by atoms with Gasteiger partial charge in [0.05, 0.1) is 5.52 Å². The molecule has 8 nitrogen and oxygen atoms in total. The van der Waals surface area contributed by atoms with E-state index < -0.39 is 0 Å². The number of carbonyl (C=O) groups excluding carboxylic acids is 2. The van der Waals surface area contributed by atoms with Crippen molar-refractivity contribution in [3.8, 4) is 0 Å². The Morgan fingerprint density at radius 3 is 2.44 bits per heavy atom. The maximum Gasteiger partial charge on any atom is 0.323 e. The molecule has 0 aliphatic carbocycles. The van der Waals surface area contributed by atoms with E-state index in [1.165, 1.54) is 0 Å². The molecule has 0 bridgehead atoms. The molecule has 1 aromatic heterocycles. The third-order valence-corrected chi connectivity index (χ3v) is 4.99. The molecule has 32 heavy (non-hydrogen) atoms. The highest BCUT2D eigenvalue weighted by atomic mass is 16.2. The lowest BCUT2D eigenvalue weighted by Crippen LogP contribution is -2.23. The summed E-state index contributed by atoms with van der Waals surface area (Å²) in [5.74, 6) is -0.200. The molecule has 0 fully saturated rings. The molecule has 4 aromatic rings. The molecule has 0 atom stereocenters. The fourth-order valence-electron chi connectivity index (χ4n) is 3.41. The lowest BCUT2D eigenvalue weighted by atomic mass is 10.1. The number of urea groups is 1. The SMILES string of the molecule is CCn1nnc2cc(C(=O)NCc3cccc(NC(=O)Nc4cccc(C)c4)c3)ccc21. The van der Waals surface area contributed by atoms with Crippen LogP contribution in [-0.4, -0.2) is 26.9 Å². The zero-order valence-electron chi connectivity index (χ0n) is 17.9. The molecule has 0 aliphatic rings. The summed E-state index contributed by atoms with van der Waals surface area (Å²) >= 11 is 0. The predicted molar refractivity (Wildman–Crippen MR) is 125 cm³/mol. The summed E-state index contributed by atoms with van der Waals surface area (Å²) in [6.07, 6.45) is 0. The zero-order valence-corrected chi connectivity index (χ0v) is 17.9. The lowest BCUT2D eigenvalue weighted by molar-refractivity contribution is 0.0951. The number of anilines is 2. The molecular weight excluding hydrogens is 404 g/mol. The van der Waals surface area contributed by atoms with Crippen LogP contribution in [0.5, 0.6) is 0 Å². The van der Waals surface area contributed by atoms with Crippen molar-refractivity contribution in [2.75, 3.05) is 10.6 Å². The number of hydrogen-bond donors (Lipinski definition) is 3. The zero-order chi connectivity index (χ0) is 22.5. The van der Waals surface area contributed by atoms with E-state index in [2.05, 4.69) is 26.3 Å². The smallest absolute Gasteiger partial charge is 0.323 e. The molecule has 8 heteroatoms. The Morgan fingerprint density at radius 2 is 1.69 bits per heavy atom. The highest BCUT2D eigenvalue weighted by Gasteiger charge is 2.10.